The summed E-state index contributed by atoms with van der Waals surface area (Å²) >= 11 is 5.19. The van der Waals surface area contributed by atoms with Crippen LogP contribution in [0.2, 0.25) is 0 Å². The Kier molecular flexibility index (Phi) is 4.66. The van der Waals surface area contributed by atoms with Gasteiger partial charge in [0, 0.05) is 6.61 Å². The lowest BCUT2D eigenvalue weighted by Gasteiger charge is -2.18. The number of aromatic nitrogens is 2. The molecule has 1 saturated heterocycles. The van der Waals surface area contributed by atoms with Crippen molar-refractivity contribution in [3.63, 3.8) is 0 Å². The first-order valence-corrected chi connectivity index (χ1v) is 7.10. The molecular weight excluding hydrogens is 260 g/mol. The van der Waals surface area contributed by atoms with E-state index in [-0.39, 0.29) is 6.04 Å². The summed E-state index contributed by atoms with van der Waals surface area (Å²) < 4.78 is 5.36. The van der Waals surface area contributed by atoms with Crippen LogP contribution >= 0.6 is 12.2 Å². The highest BCUT2D eigenvalue weighted by Gasteiger charge is 2.21. The summed E-state index contributed by atoms with van der Waals surface area (Å²) in [5, 5.41) is 11.9. The van der Waals surface area contributed by atoms with Gasteiger partial charge in [0.1, 0.15) is 4.99 Å². The molecule has 0 aromatic carbocycles. The zero-order valence-corrected chi connectivity index (χ0v) is 12.2. The predicted molar refractivity (Wildman–Crippen MR) is 79.5 cm³/mol. The van der Waals surface area contributed by atoms with Crippen LogP contribution in [0.1, 0.15) is 37.1 Å². The lowest BCUT2D eigenvalue weighted by atomic mass is 10.0. The number of hydrogen-bond acceptors (Lipinski definition) is 5. The third-order valence-corrected chi connectivity index (χ3v) is 3.57. The van der Waals surface area contributed by atoms with Gasteiger partial charge in [-0.25, -0.2) is 0 Å². The smallest absolute Gasteiger partial charge is 0.159 e. The van der Waals surface area contributed by atoms with Crippen molar-refractivity contribution < 1.29 is 4.74 Å². The molecule has 2 rings (SSSR count). The molecule has 0 radical (unpaired) electrons. The van der Waals surface area contributed by atoms with Crippen molar-refractivity contribution >= 4 is 23.0 Å². The maximum atomic E-state index is 5.88. The largest absolute Gasteiger partial charge is 0.389 e. The van der Waals surface area contributed by atoms with Gasteiger partial charge in [0.25, 0.3) is 0 Å². The van der Waals surface area contributed by atoms with Crippen LogP contribution in [0, 0.1) is 0 Å². The van der Waals surface area contributed by atoms with Gasteiger partial charge < -0.3 is 15.8 Å². The quantitative estimate of drug-likeness (QED) is 0.795. The van der Waals surface area contributed by atoms with Crippen LogP contribution in [0.5, 0.6) is 0 Å². The van der Waals surface area contributed by atoms with Gasteiger partial charge in [0.2, 0.25) is 0 Å². The molecule has 0 aliphatic carbocycles. The highest BCUT2D eigenvalue weighted by Crippen LogP contribution is 2.22. The summed E-state index contributed by atoms with van der Waals surface area (Å²) in [6.45, 7) is 5.61. The zero-order chi connectivity index (χ0) is 13.8. The second-order valence-electron chi connectivity index (χ2n) is 4.63. The molecule has 1 aliphatic rings. The van der Waals surface area contributed by atoms with E-state index in [1.165, 1.54) is 0 Å². The molecule has 0 amide bonds. The first kappa shape index (κ1) is 14.1. The van der Waals surface area contributed by atoms with Crippen LogP contribution < -0.4 is 11.1 Å². The van der Waals surface area contributed by atoms with E-state index in [0.717, 1.165) is 42.7 Å². The van der Waals surface area contributed by atoms with E-state index in [4.69, 9.17) is 22.7 Å². The second kappa shape index (κ2) is 6.25. The van der Waals surface area contributed by atoms with Crippen molar-refractivity contribution in [1.29, 1.82) is 0 Å². The summed E-state index contributed by atoms with van der Waals surface area (Å²) in [4.78, 5) is 0.378. The average molecular weight is 280 g/mol. The van der Waals surface area contributed by atoms with E-state index < -0.39 is 0 Å². The molecule has 1 fully saturated rings. The molecule has 1 aromatic heterocycles. The minimum Gasteiger partial charge on any atom is -0.389 e. The van der Waals surface area contributed by atoms with Crippen LogP contribution in [0.15, 0.2) is 0 Å². The van der Waals surface area contributed by atoms with E-state index in [1.54, 1.807) is 0 Å². The molecule has 19 heavy (non-hydrogen) atoms. The number of nitrogens with two attached hydrogens (primary N) is 1. The molecule has 0 bridgehead atoms. The summed E-state index contributed by atoms with van der Waals surface area (Å²) in [7, 11) is 0. The normalized spacial score (nSPS) is 18.5. The van der Waals surface area contributed by atoms with Gasteiger partial charge in [-0.1, -0.05) is 26.1 Å². The standard InChI is InChI=1S/C13H20N4OS/c1-3-9-10(4-2)16-17-13(11(9)12(14)19)15-8-5-6-18-7-8/h8H,3-7H2,1-2H3,(H2,14,19)(H,15,17). The maximum absolute atomic E-state index is 5.88. The molecule has 104 valence electrons. The Balaban J connectivity index is 2.38. The Morgan fingerprint density at radius 1 is 1.42 bits per heavy atom. The fourth-order valence-corrected chi connectivity index (χ4v) is 2.60. The number of nitrogens with zero attached hydrogens (tertiary/aromatic N) is 2. The van der Waals surface area contributed by atoms with Crippen LogP contribution in [0.25, 0.3) is 0 Å². The van der Waals surface area contributed by atoms with E-state index in [1.807, 2.05) is 0 Å². The van der Waals surface area contributed by atoms with E-state index in [2.05, 4.69) is 29.4 Å². The number of hydrogen-bond donors (Lipinski definition) is 2. The van der Waals surface area contributed by atoms with Gasteiger partial charge >= 0.3 is 0 Å². The summed E-state index contributed by atoms with van der Waals surface area (Å²) in [6, 6.07) is 0.264. The molecule has 0 saturated carbocycles. The van der Waals surface area contributed by atoms with Gasteiger partial charge in [-0.05, 0) is 24.8 Å². The third kappa shape index (κ3) is 3.01. The highest BCUT2D eigenvalue weighted by atomic mass is 32.1. The van der Waals surface area contributed by atoms with Crippen molar-refractivity contribution in [1.82, 2.24) is 10.2 Å². The van der Waals surface area contributed by atoms with Gasteiger partial charge in [-0.15, -0.1) is 5.10 Å². The molecule has 1 aliphatic heterocycles. The van der Waals surface area contributed by atoms with Gasteiger partial charge in [0.15, 0.2) is 5.82 Å². The minimum absolute atomic E-state index is 0.264. The monoisotopic (exact) mass is 280 g/mol. The molecule has 2 heterocycles. The van der Waals surface area contributed by atoms with Crippen molar-refractivity contribution in [2.24, 2.45) is 5.73 Å². The Hall–Kier alpha value is -1.27. The minimum atomic E-state index is 0.264. The van der Waals surface area contributed by atoms with Crippen LogP contribution in [0.3, 0.4) is 0 Å². The lowest BCUT2D eigenvalue weighted by Crippen LogP contribution is -2.25. The van der Waals surface area contributed by atoms with E-state index >= 15 is 0 Å². The summed E-state index contributed by atoms with van der Waals surface area (Å²) in [5.74, 6) is 0.692. The van der Waals surface area contributed by atoms with E-state index in [0.29, 0.717) is 17.4 Å². The van der Waals surface area contributed by atoms with Crippen LogP contribution in [-0.4, -0.2) is 34.4 Å². The number of thiocarbonyl (C=S) groups is 1. The first-order valence-electron chi connectivity index (χ1n) is 6.69. The Bertz CT molecular complexity index is 472. The molecule has 0 spiro atoms. The third-order valence-electron chi connectivity index (χ3n) is 3.36. The van der Waals surface area contributed by atoms with Gasteiger partial charge in [0.05, 0.1) is 23.9 Å². The number of nitrogens with one attached hydrogen (secondary N) is 1. The molecule has 1 unspecified atom stereocenters. The fraction of sp³-hybridized carbons (Fsp3) is 0.615. The molecule has 1 aromatic rings. The summed E-state index contributed by atoms with van der Waals surface area (Å²) in [6.07, 6.45) is 2.65. The topological polar surface area (TPSA) is 73.1 Å². The Morgan fingerprint density at radius 2 is 2.21 bits per heavy atom. The second-order valence-corrected chi connectivity index (χ2v) is 5.06. The molecule has 3 N–H and O–H groups in total. The van der Waals surface area contributed by atoms with Crippen LogP contribution in [-0.2, 0) is 17.6 Å². The number of anilines is 1. The van der Waals surface area contributed by atoms with Crippen molar-refractivity contribution in [3.05, 3.63) is 16.8 Å². The first-order chi connectivity index (χ1) is 9.17. The average Bonchev–Trinajstić information content (AvgIpc) is 2.90. The highest BCUT2D eigenvalue weighted by molar-refractivity contribution is 7.80. The van der Waals surface area contributed by atoms with Gasteiger partial charge in [-0.2, -0.15) is 5.10 Å². The van der Waals surface area contributed by atoms with Crippen molar-refractivity contribution in [2.75, 3.05) is 18.5 Å². The zero-order valence-electron chi connectivity index (χ0n) is 11.4. The van der Waals surface area contributed by atoms with Crippen LogP contribution in [0.4, 0.5) is 5.82 Å². The Morgan fingerprint density at radius 3 is 2.74 bits per heavy atom. The predicted octanol–water partition coefficient (Wildman–Crippen LogP) is 1.44. The SMILES string of the molecule is CCc1nnc(NC2CCOC2)c(C(N)=S)c1CC. The number of aryl methyl sites for hydroxylation is 1. The van der Waals surface area contributed by atoms with Gasteiger partial charge in [-0.3, -0.25) is 0 Å². The van der Waals surface area contributed by atoms with Crippen molar-refractivity contribution in [2.45, 2.75) is 39.2 Å². The molecule has 5 nitrogen and oxygen atoms in total. The molecule has 1 atom stereocenters. The molecular formula is C13H20N4OS. The molecule has 6 heteroatoms. The lowest BCUT2D eigenvalue weighted by molar-refractivity contribution is 0.195. The number of rotatable bonds is 5. The van der Waals surface area contributed by atoms with E-state index in [9.17, 15) is 0 Å². The maximum Gasteiger partial charge on any atom is 0.159 e. The number of ether oxygens (including phenoxy) is 1. The Labute approximate surface area is 118 Å². The summed E-state index contributed by atoms with van der Waals surface area (Å²) in [5.41, 5.74) is 8.80. The fourth-order valence-electron chi connectivity index (χ4n) is 2.38. The van der Waals surface area contributed by atoms with Crippen molar-refractivity contribution in [3.8, 4) is 0 Å².